The maximum absolute atomic E-state index is 11.9. The van der Waals surface area contributed by atoms with Crippen LogP contribution in [0.3, 0.4) is 0 Å². The fourth-order valence-corrected chi connectivity index (χ4v) is 10.3. The molecule has 6 aromatic heterocycles. The van der Waals surface area contributed by atoms with Gasteiger partial charge in [0.2, 0.25) is 0 Å². The standard InChI is InChI=1S/C27H27N3O2.C26H24ClN3O2.C22H19N3.2ClH/c1-18-22-16-23(20-8-6-5-7-9-20)25(30-24(22)14-15-28-18)21-12-10-19(11-13-21)17-29-26(31)32-27(2,3)4;1-26(2,3)32-25(31)29-16-17-9-11-19(12-10-17)23-20(18-7-5-4-6-8-18)15-21-22(30-23)13-14-28-24(21)27;1-15-19-13-20(17-5-3-2-4-6-17)22(25-21(19)11-12-24-15)18-9-7-16(14-23)8-10-18;;/h5-16H,17H2,1-4H3,(H,29,31);4-15H,16H2,1-3H3,(H,29,31);2-13H,14,23H2,1H3;2*1H. The van der Waals surface area contributed by atoms with Gasteiger partial charge >= 0.3 is 12.2 Å². The molecule has 0 saturated heterocycles. The number of hydrogen-bond donors (Lipinski definition) is 3. The van der Waals surface area contributed by atoms with E-state index in [0.717, 1.165) is 129 Å². The zero-order valence-corrected chi connectivity index (χ0v) is 54.4. The molecule has 0 radical (unpaired) electrons. The van der Waals surface area contributed by atoms with Gasteiger partial charge < -0.3 is 38.2 Å². The van der Waals surface area contributed by atoms with E-state index in [1.807, 2.05) is 177 Å². The number of nitrogens with one attached hydrogen (secondary N) is 2. The van der Waals surface area contributed by atoms with Crippen LogP contribution < -0.4 is 28.8 Å². The van der Waals surface area contributed by atoms with Crippen LogP contribution >= 0.6 is 24.0 Å². The summed E-state index contributed by atoms with van der Waals surface area (Å²) in [6, 6.07) is 67.6. The van der Waals surface area contributed by atoms with Gasteiger partial charge in [-0.3, -0.25) is 9.97 Å². The zero-order chi connectivity index (χ0) is 62.7. The van der Waals surface area contributed by atoms with E-state index in [4.69, 9.17) is 36.0 Å². The smallest absolute Gasteiger partial charge is 0.407 e. The molecule has 16 heteroatoms. The summed E-state index contributed by atoms with van der Waals surface area (Å²) in [5, 5.41) is 8.98. The molecule has 0 aliphatic rings. The fraction of sp³-hybridized carbons (Fsp3) is 0.173. The molecule has 462 valence electrons. The molecule has 0 atom stereocenters. The molecule has 2 amide bonds. The van der Waals surface area contributed by atoms with Crippen molar-refractivity contribution < 1.29 is 37.2 Å². The van der Waals surface area contributed by atoms with Gasteiger partial charge in [0.1, 0.15) is 16.4 Å². The molecule has 12 aromatic rings. The van der Waals surface area contributed by atoms with Gasteiger partial charge in [-0.05, 0) is 120 Å². The second kappa shape index (κ2) is 30.3. The lowest BCUT2D eigenvalue weighted by atomic mass is 9.96. The zero-order valence-electron chi connectivity index (χ0n) is 52.1. The number of halogens is 3. The summed E-state index contributed by atoms with van der Waals surface area (Å²) in [5.74, 6) is 0. The maximum Gasteiger partial charge on any atom is 0.407 e. The van der Waals surface area contributed by atoms with Gasteiger partial charge in [-0.25, -0.2) is 29.5 Å². The van der Waals surface area contributed by atoms with Gasteiger partial charge in [0.05, 0.1) is 40.2 Å². The number of amides is 2. The largest absolute Gasteiger partial charge is 1.00 e. The minimum atomic E-state index is -0.526. The lowest BCUT2D eigenvalue weighted by molar-refractivity contribution is -0.386. The minimum absolute atomic E-state index is 0. The Labute approximate surface area is 548 Å². The van der Waals surface area contributed by atoms with Crippen LogP contribution in [-0.4, -0.2) is 53.3 Å². The van der Waals surface area contributed by atoms with Crippen molar-refractivity contribution >= 4 is 68.9 Å². The first kappa shape index (κ1) is 67.3. The van der Waals surface area contributed by atoms with Crippen LogP contribution in [0.4, 0.5) is 9.59 Å². The van der Waals surface area contributed by atoms with E-state index in [1.165, 1.54) is 5.56 Å². The molecule has 0 aliphatic carbocycles. The molecule has 13 nitrogen and oxygen atoms in total. The Kier molecular flexibility index (Phi) is 22.4. The topological polar surface area (TPSA) is 182 Å². The normalized spacial score (nSPS) is 11.0. The Morgan fingerprint density at radius 1 is 0.429 bits per heavy atom. The molecule has 0 saturated carbocycles. The number of carbonyl (C=O) groups is 2. The third-order valence-electron chi connectivity index (χ3n) is 14.5. The maximum atomic E-state index is 11.9. The van der Waals surface area contributed by atoms with E-state index < -0.39 is 23.4 Å². The minimum Gasteiger partial charge on any atom is -1.00 e. The van der Waals surface area contributed by atoms with Crippen molar-refractivity contribution in [3.8, 4) is 67.2 Å². The van der Waals surface area contributed by atoms with Gasteiger partial charge in [0.25, 0.3) is 0 Å². The second-order valence-electron chi connectivity index (χ2n) is 23.4. The Morgan fingerprint density at radius 2 is 0.736 bits per heavy atom. The number of benzene rings is 6. The van der Waals surface area contributed by atoms with E-state index in [0.29, 0.717) is 18.2 Å². The number of quaternary nitrogens is 1. The van der Waals surface area contributed by atoms with Gasteiger partial charge in [-0.1, -0.05) is 175 Å². The van der Waals surface area contributed by atoms with Crippen LogP contribution in [0.25, 0.3) is 99.9 Å². The first-order valence-electron chi connectivity index (χ1n) is 29.5. The number of rotatable bonds is 11. The van der Waals surface area contributed by atoms with Crippen molar-refractivity contribution in [1.29, 1.82) is 0 Å². The third kappa shape index (κ3) is 17.4. The first-order valence-corrected chi connectivity index (χ1v) is 29.9. The molecular formula is C75H72Cl3N9O4. The van der Waals surface area contributed by atoms with Gasteiger partial charge in [0, 0.05) is 98.2 Å². The van der Waals surface area contributed by atoms with Crippen LogP contribution in [0, 0.1) is 13.8 Å². The van der Waals surface area contributed by atoms with Crippen molar-refractivity contribution in [2.75, 3.05) is 0 Å². The molecule has 0 spiro atoms. The number of aryl methyl sites for hydroxylation is 2. The summed E-state index contributed by atoms with van der Waals surface area (Å²) < 4.78 is 10.6. The highest BCUT2D eigenvalue weighted by molar-refractivity contribution is 6.34. The predicted molar refractivity (Wildman–Crippen MR) is 366 cm³/mol. The number of pyridine rings is 6. The molecule has 6 aromatic carbocycles. The molecule has 12 rings (SSSR count). The summed E-state index contributed by atoms with van der Waals surface area (Å²) in [4.78, 5) is 51.8. The lowest BCUT2D eigenvalue weighted by Crippen LogP contribution is -3.00. The van der Waals surface area contributed by atoms with Gasteiger partial charge in [0.15, 0.2) is 0 Å². The van der Waals surface area contributed by atoms with Crippen LogP contribution in [0.2, 0.25) is 5.15 Å². The summed E-state index contributed by atoms with van der Waals surface area (Å²) in [6.07, 6.45) is 4.42. The Hall–Kier alpha value is -9.63. The number of carbonyl (C=O) groups excluding carboxylic acids is 2. The highest BCUT2D eigenvalue weighted by Crippen LogP contribution is 2.38. The van der Waals surface area contributed by atoms with Crippen molar-refractivity contribution in [1.82, 2.24) is 40.5 Å². The van der Waals surface area contributed by atoms with Crippen LogP contribution in [-0.2, 0) is 29.1 Å². The van der Waals surface area contributed by atoms with Crippen molar-refractivity contribution in [2.24, 2.45) is 0 Å². The Morgan fingerprint density at radius 3 is 1.07 bits per heavy atom. The first-order chi connectivity index (χ1) is 42.9. The lowest BCUT2D eigenvalue weighted by Gasteiger charge is -2.19. The number of aromatic nitrogens is 6. The van der Waals surface area contributed by atoms with E-state index in [1.54, 1.807) is 12.4 Å². The fourth-order valence-electron chi connectivity index (χ4n) is 10.1. The average molecular weight is 1270 g/mol. The quantitative estimate of drug-likeness (QED) is 0.105. The number of hydrogen-bond acceptors (Lipinski definition) is 10. The molecule has 0 aliphatic heterocycles. The number of alkyl carbamates (subject to hydrolysis) is 2. The van der Waals surface area contributed by atoms with Crippen LogP contribution in [0.1, 0.15) is 69.6 Å². The average Bonchev–Trinajstić information content (AvgIpc) is 0.836. The Balaban J connectivity index is 0.000000175. The highest BCUT2D eigenvalue weighted by Gasteiger charge is 2.20. The van der Waals surface area contributed by atoms with E-state index in [9.17, 15) is 9.59 Å². The SMILES string of the molecule is CC(C)(C)OC(=O)NCc1ccc(-c2nc3ccnc(Cl)c3cc2-c2ccccc2)cc1.Cc1nccc2nc(-c3ccc(CNC(=O)OC(C)(C)C)cc3)c(-c3ccccc3)cc12.Cc1nccc2nc(-c3ccc(C[NH3+])cc3)c(-c3ccccc3)cc12.Cl.[Cl-]. The third-order valence-corrected chi connectivity index (χ3v) is 14.8. The van der Waals surface area contributed by atoms with Gasteiger partial charge in [-0.15, -0.1) is 12.4 Å². The van der Waals surface area contributed by atoms with Crippen molar-refractivity contribution in [3.63, 3.8) is 0 Å². The molecular weight excluding hydrogens is 1200 g/mol. The van der Waals surface area contributed by atoms with E-state index in [2.05, 4.69) is 116 Å². The number of fused-ring (bicyclic) bond motifs is 3. The highest BCUT2D eigenvalue weighted by atomic mass is 35.5. The Bertz CT molecular complexity index is 4240. The summed E-state index contributed by atoms with van der Waals surface area (Å²) >= 11 is 6.34. The summed E-state index contributed by atoms with van der Waals surface area (Å²) in [5.41, 5.74) is 23.1. The van der Waals surface area contributed by atoms with Crippen molar-refractivity contribution in [2.45, 2.75) is 86.2 Å². The molecule has 91 heavy (non-hydrogen) atoms. The van der Waals surface area contributed by atoms with Gasteiger partial charge in [-0.2, -0.15) is 0 Å². The van der Waals surface area contributed by atoms with Crippen LogP contribution in [0.15, 0.2) is 219 Å². The van der Waals surface area contributed by atoms with E-state index >= 15 is 0 Å². The molecule has 5 N–H and O–H groups in total. The summed E-state index contributed by atoms with van der Waals surface area (Å²) in [7, 11) is 0. The van der Waals surface area contributed by atoms with Crippen molar-refractivity contribution in [3.05, 3.63) is 252 Å². The predicted octanol–water partition coefficient (Wildman–Crippen LogP) is 14.4. The molecule has 0 unspecified atom stereocenters. The molecule has 0 bridgehead atoms. The second-order valence-corrected chi connectivity index (χ2v) is 23.8. The molecule has 0 fully saturated rings. The van der Waals surface area contributed by atoms with E-state index in [-0.39, 0.29) is 24.8 Å². The summed E-state index contributed by atoms with van der Waals surface area (Å²) in [6.45, 7) is 16.7. The molecule has 6 heterocycles. The van der Waals surface area contributed by atoms with Crippen LogP contribution in [0.5, 0.6) is 0 Å². The number of nitrogens with zero attached hydrogens (tertiary/aromatic N) is 6. The number of ether oxygens (including phenoxy) is 2. The monoisotopic (exact) mass is 1270 g/mol.